The second-order valence-corrected chi connectivity index (χ2v) is 6.73. The van der Waals surface area contributed by atoms with E-state index in [9.17, 15) is 4.79 Å². The van der Waals surface area contributed by atoms with Crippen LogP contribution in [0.2, 0.25) is 0 Å². The maximum absolute atomic E-state index is 12.8. The van der Waals surface area contributed by atoms with Crippen molar-refractivity contribution in [1.29, 1.82) is 0 Å². The predicted molar refractivity (Wildman–Crippen MR) is 88.5 cm³/mol. The number of hydrogen-bond acceptors (Lipinski definition) is 6. The van der Waals surface area contributed by atoms with Crippen LogP contribution in [0.3, 0.4) is 0 Å². The van der Waals surface area contributed by atoms with Crippen LogP contribution in [0, 0.1) is 0 Å². The highest BCUT2D eigenvalue weighted by atomic mass is 16.5. The van der Waals surface area contributed by atoms with Gasteiger partial charge in [-0.25, -0.2) is 0 Å². The number of amides is 1. The highest BCUT2D eigenvalue weighted by Gasteiger charge is 2.34. The molecule has 0 bridgehead atoms. The molecular weight excluding hydrogens is 308 g/mol. The van der Waals surface area contributed by atoms with Crippen LogP contribution in [0.5, 0.6) is 0 Å². The molecule has 24 heavy (non-hydrogen) atoms. The molecule has 1 amide bonds. The summed E-state index contributed by atoms with van der Waals surface area (Å²) < 4.78 is 10.5. The molecule has 7 nitrogen and oxygen atoms in total. The van der Waals surface area contributed by atoms with Gasteiger partial charge in [0.15, 0.2) is 5.82 Å². The Morgan fingerprint density at radius 3 is 2.75 bits per heavy atom. The molecule has 0 saturated carbocycles. The van der Waals surface area contributed by atoms with Gasteiger partial charge in [-0.05, 0) is 38.8 Å². The largest absolute Gasteiger partial charge is 0.384 e. The lowest BCUT2D eigenvalue weighted by Crippen LogP contribution is -2.40. The second kappa shape index (κ2) is 8.58. The average Bonchev–Trinajstić information content (AvgIpc) is 3.18. The third-order valence-corrected chi connectivity index (χ3v) is 4.93. The van der Waals surface area contributed by atoms with Crippen LogP contribution in [0.15, 0.2) is 4.52 Å². The molecule has 2 aliphatic heterocycles. The molecule has 2 aliphatic rings. The van der Waals surface area contributed by atoms with Crippen molar-refractivity contribution in [3.63, 3.8) is 0 Å². The average molecular weight is 336 g/mol. The molecule has 3 rings (SSSR count). The summed E-state index contributed by atoms with van der Waals surface area (Å²) in [5, 5.41) is 4.01. The minimum Gasteiger partial charge on any atom is -0.384 e. The zero-order valence-electron chi connectivity index (χ0n) is 14.6. The van der Waals surface area contributed by atoms with E-state index in [4.69, 9.17) is 9.26 Å². The number of carbonyl (C=O) groups is 1. The van der Waals surface area contributed by atoms with Crippen molar-refractivity contribution in [2.75, 3.05) is 39.9 Å². The molecule has 7 heteroatoms. The summed E-state index contributed by atoms with van der Waals surface area (Å²) in [5.41, 5.74) is 0. The maximum Gasteiger partial charge on any atom is 0.249 e. The molecule has 0 unspecified atom stereocenters. The second-order valence-electron chi connectivity index (χ2n) is 6.73. The Balaban J connectivity index is 1.59. The van der Waals surface area contributed by atoms with E-state index < -0.39 is 0 Å². The van der Waals surface area contributed by atoms with E-state index in [2.05, 4.69) is 15.0 Å². The molecule has 0 spiro atoms. The Bertz CT molecular complexity index is 526. The summed E-state index contributed by atoms with van der Waals surface area (Å²) >= 11 is 0. The van der Waals surface area contributed by atoms with Crippen LogP contribution >= 0.6 is 0 Å². The molecule has 0 aromatic carbocycles. The fourth-order valence-electron chi connectivity index (χ4n) is 3.60. The first-order valence-corrected chi connectivity index (χ1v) is 9.11. The lowest BCUT2D eigenvalue weighted by molar-refractivity contribution is -0.133. The number of nitrogens with zero attached hydrogens (tertiary/aromatic N) is 4. The van der Waals surface area contributed by atoms with Crippen LogP contribution in [0.4, 0.5) is 0 Å². The highest BCUT2D eigenvalue weighted by molar-refractivity contribution is 5.79. The minimum atomic E-state index is -0.0618. The van der Waals surface area contributed by atoms with E-state index in [1.165, 1.54) is 25.7 Å². The number of hydrogen-bond donors (Lipinski definition) is 0. The van der Waals surface area contributed by atoms with Crippen LogP contribution in [0.25, 0.3) is 0 Å². The van der Waals surface area contributed by atoms with Crippen LogP contribution in [-0.4, -0.2) is 65.7 Å². The van der Waals surface area contributed by atoms with Gasteiger partial charge in [0.05, 0.1) is 13.2 Å². The Morgan fingerprint density at radius 1 is 1.21 bits per heavy atom. The number of likely N-dealkylation sites (tertiary alicyclic amines) is 2. The summed E-state index contributed by atoms with van der Waals surface area (Å²) in [5.74, 6) is 1.41. The third kappa shape index (κ3) is 4.33. The summed E-state index contributed by atoms with van der Waals surface area (Å²) in [6.07, 6.45) is 7.48. The number of rotatable bonds is 6. The monoisotopic (exact) mass is 336 g/mol. The van der Waals surface area contributed by atoms with E-state index in [-0.39, 0.29) is 11.9 Å². The number of carbonyl (C=O) groups excluding carboxylic acids is 1. The van der Waals surface area contributed by atoms with Gasteiger partial charge in [0.1, 0.15) is 6.04 Å². The normalized spacial score (nSPS) is 22.7. The van der Waals surface area contributed by atoms with Crippen molar-refractivity contribution in [3.8, 4) is 0 Å². The zero-order valence-corrected chi connectivity index (χ0v) is 14.6. The van der Waals surface area contributed by atoms with Gasteiger partial charge < -0.3 is 14.2 Å². The third-order valence-electron chi connectivity index (χ3n) is 4.93. The summed E-state index contributed by atoms with van der Waals surface area (Å²) in [4.78, 5) is 21.4. The lowest BCUT2D eigenvalue weighted by atomic mass is 10.2. The molecule has 1 aromatic rings. The number of aromatic nitrogens is 2. The molecular formula is C17H28N4O3. The van der Waals surface area contributed by atoms with Crippen molar-refractivity contribution in [1.82, 2.24) is 19.9 Å². The quantitative estimate of drug-likeness (QED) is 0.789. The van der Waals surface area contributed by atoms with Crippen molar-refractivity contribution in [3.05, 3.63) is 11.7 Å². The van der Waals surface area contributed by atoms with Gasteiger partial charge in [0, 0.05) is 20.1 Å². The molecule has 0 N–H and O–H groups in total. The Labute approximate surface area is 143 Å². The van der Waals surface area contributed by atoms with Crippen molar-refractivity contribution >= 4 is 5.91 Å². The molecule has 0 radical (unpaired) electrons. The molecule has 2 fully saturated rings. The van der Waals surface area contributed by atoms with Crippen LogP contribution in [-0.2, 0) is 16.0 Å². The van der Waals surface area contributed by atoms with Gasteiger partial charge in [-0.2, -0.15) is 4.98 Å². The van der Waals surface area contributed by atoms with E-state index in [0.717, 1.165) is 32.5 Å². The Kier molecular flexibility index (Phi) is 6.20. The van der Waals surface area contributed by atoms with Gasteiger partial charge >= 0.3 is 0 Å². The standard InChI is InChI=1S/C17H28N4O3/c1-23-12-8-15-18-17(24-19-15)14-7-6-11-21(14)16(22)13-20-9-4-2-3-5-10-20/h14H,2-13H2,1H3/t14-/m0/s1. The van der Waals surface area contributed by atoms with Gasteiger partial charge in [-0.3, -0.25) is 9.69 Å². The Hall–Kier alpha value is -1.47. The highest BCUT2D eigenvalue weighted by Crippen LogP contribution is 2.31. The zero-order chi connectivity index (χ0) is 16.8. The van der Waals surface area contributed by atoms with E-state index >= 15 is 0 Å². The first-order valence-electron chi connectivity index (χ1n) is 9.11. The summed E-state index contributed by atoms with van der Waals surface area (Å²) in [6.45, 7) is 3.94. The topological polar surface area (TPSA) is 71.7 Å². The fourth-order valence-corrected chi connectivity index (χ4v) is 3.60. The molecule has 1 aromatic heterocycles. The van der Waals surface area contributed by atoms with Crippen molar-refractivity contribution in [2.24, 2.45) is 0 Å². The van der Waals surface area contributed by atoms with Crippen molar-refractivity contribution in [2.45, 2.75) is 51.0 Å². The van der Waals surface area contributed by atoms with Crippen molar-refractivity contribution < 1.29 is 14.1 Å². The number of ether oxygens (including phenoxy) is 1. The van der Waals surface area contributed by atoms with E-state index in [1.54, 1.807) is 7.11 Å². The minimum absolute atomic E-state index is 0.0618. The number of methoxy groups -OCH3 is 1. The van der Waals surface area contributed by atoms with E-state index in [0.29, 0.717) is 31.3 Å². The van der Waals surface area contributed by atoms with Gasteiger partial charge in [-0.15, -0.1) is 0 Å². The smallest absolute Gasteiger partial charge is 0.249 e. The summed E-state index contributed by atoms with van der Waals surface area (Å²) in [6, 6.07) is -0.0618. The molecule has 3 heterocycles. The first-order chi connectivity index (χ1) is 11.8. The van der Waals surface area contributed by atoms with E-state index in [1.807, 2.05) is 4.90 Å². The molecule has 134 valence electrons. The van der Waals surface area contributed by atoms with Crippen LogP contribution < -0.4 is 0 Å². The SMILES string of the molecule is COCCc1noc([C@@H]2CCCN2C(=O)CN2CCCCCC2)n1. The van der Waals surface area contributed by atoms with Crippen LogP contribution in [0.1, 0.15) is 56.3 Å². The van der Waals surface area contributed by atoms with Gasteiger partial charge in [0.2, 0.25) is 11.8 Å². The van der Waals surface area contributed by atoms with Gasteiger partial charge in [0.25, 0.3) is 0 Å². The lowest BCUT2D eigenvalue weighted by Gasteiger charge is -2.26. The fraction of sp³-hybridized carbons (Fsp3) is 0.824. The van der Waals surface area contributed by atoms with Gasteiger partial charge in [-0.1, -0.05) is 18.0 Å². The Morgan fingerprint density at radius 2 is 2.00 bits per heavy atom. The molecule has 2 saturated heterocycles. The summed E-state index contributed by atoms with van der Waals surface area (Å²) in [7, 11) is 1.65. The maximum atomic E-state index is 12.8. The molecule has 0 aliphatic carbocycles. The predicted octanol–water partition coefficient (Wildman–Crippen LogP) is 1.80. The molecule has 1 atom stereocenters. The first kappa shape index (κ1) is 17.4.